The molecule has 0 spiro atoms. The molecule has 6 heteroatoms. The van der Waals surface area contributed by atoms with Crippen LogP contribution in [0.4, 0.5) is 5.69 Å². The van der Waals surface area contributed by atoms with Crippen molar-refractivity contribution in [3.05, 3.63) is 42.0 Å². The number of carbonyl (C=O) groups is 1. The van der Waals surface area contributed by atoms with E-state index in [1.807, 2.05) is 30.3 Å². The van der Waals surface area contributed by atoms with Crippen molar-refractivity contribution in [3.8, 4) is 11.5 Å². The number of rotatable bonds is 1. The maximum absolute atomic E-state index is 12.3. The lowest BCUT2D eigenvalue weighted by Crippen LogP contribution is -2.41. The molecule has 2 aliphatic heterocycles. The van der Waals surface area contributed by atoms with Gasteiger partial charge in [-0.1, -0.05) is 24.3 Å². The number of benzene rings is 3. The van der Waals surface area contributed by atoms with E-state index in [1.54, 1.807) is 6.07 Å². The summed E-state index contributed by atoms with van der Waals surface area (Å²) in [4.78, 5) is 12.3. The van der Waals surface area contributed by atoms with Crippen molar-refractivity contribution in [2.45, 2.75) is 12.6 Å². The number of methoxy groups -OCH3 is 1. The first kappa shape index (κ1) is 13.6. The Morgan fingerprint density at radius 1 is 1.17 bits per heavy atom. The van der Waals surface area contributed by atoms with Gasteiger partial charge in [-0.2, -0.15) is 0 Å². The Labute approximate surface area is 136 Å². The Balaban J connectivity index is 1.94. The van der Waals surface area contributed by atoms with Gasteiger partial charge in [-0.3, -0.25) is 4.79 Å². The molecule has 2 N–H and O–H groups in total. The second-order valence-electron chi connectivity index (χ2n) is 5.83. The van der Waals surface area contributed by atoms with Crippen LogP contribution in [0.1, 0.15) is 10.4 Å². The number of anilines is 1. The van der Waals surface area contributed by atoms with Crippen LogP contribution in [0.25, 0.3) is 21.5 Å². The zero-order valence-electron chi connectivity index (χ0n) is 12.7. The lowest BCUT2D eigenvalue weighted by atomic mass is 9.97. The number of aliphatic hydroxyl groups excluding tert-OH is 1. The van der Waals surface area contributed by atoms with Crippen LogP contribution in [0.15, 0.2) is 36.4 Å². The summed E-state index contributed by atoms with van der Waals surface area (Å²) in [5, 5.41) is 16.4. The Hall–Kier alpha value is -2.83. The minimum atomic E-state index is -1.25. The van der Waals surface area contributed by atoms with Crippen molar-refractivity contribution in [1.29, 1.82) is 0 Å². The Bertz CT molecular complexity index is 1030. The van der Waals surface area contributed by atoms with Crippen LogP contribution < -0.4 is 14.8 Å². The largest absolute Gasteiger partial charge is 0.454 e. The third kappa shape index (κ3) is 1.64. The molecule has 0 fully saturated rings. The second kappa shape index (κ2) is 4.59. The van der Waals surface area contributed by atoms with Crippen molar-refractivity contribution >= 4 is 33.1 Å². The highest BCUT2D eigenvalue weighted by Gasteiger charge is 2.35. The van der Waals surface area contributed by atoms with Crippen molar-refractivity contribution in [3.63, 3.8) is 0 Å². The molecule has 2 unspecified atom stereocenters. The van der Waals surface area contributed by atoms with Crippen molar-refractivity contribution < 1.29 is 24.1 Å². The van der Waals surface area contributed by atoms with E-state index >= 15 is 0 Å². The third-order valence-corrected chi connectivity index (χ3v) is 4.48. The maximum atomic E-state index is 12.3. The van der Waals surface area contributed by atoms with Crippen LogP contribution in [-0.2, 0) is 4.74 Å². The number of carbonyl (C=O) groups excluding carboxylic acids is 1. The summed E-state index contributed by atoms with van der Waals surface area (Å²) in [7, 11) is 1.42. The minimum Gasteiger partial charge on any atom is -0.454 e. The number of amides is 1. The van der Waals surface area contributed by atoms with Crippen LogP contribution in [0, 0.1) is 0 Å². The molecular formula is C18H13NO5. The summed E-state index contributed by atoms with van der Waals surface area (Å²) < 4.78 is 16.5. The van der Waals surface area contributed by atoms with Gasteiger partial charge in [0.2, 0.25) is 0 Å². The topological polar surface area (TPSA) is 77.0 Å². The SMILES string of the molecule is COC1Oc2cc3c4c(cc5ccccc5c4c2OC1O)NC3=O. The molecule has 6 nitrogen and oxygen atoms in total. The fourth-order valence-corrected chi connectivity index (χ4v) is 3.45. The fourth-order valence-electron chi connectivity index (χ4n) is 3.45. The molecule has 2 atom stereocenters. The summed E-state index contributed by atoms with van der Waals surface area (Å²) in [6.45, 7) is 0. The van der Waals surface area contributed by atoms with E-state index < -0.39 is 12.6 Å². The number of ether oxygens (including phenoxy) is 3. The predicted octanol–water partition coefficient (Wildman–Crippen LogP) is 2.62. The van der Waals surface area contributed by atoms with Gasteiger partial charge in [-0.05, 0) is 22.9 Å². The molecule has 0 saturated carbocycles. The van der Waals surface area contributed by atoms with E-state index in [-0.39, 0.29) is 5.91 Å². The molecule has 3 aromatic rings. The highest BCUT2D eigenvalue weighted by atomic mass is 16.7. The molecule has 0 bridgehead atoms. The Kier molecular flexibility index (Phi) is 2.60. The minimum absolute atomic E-state index is 0.184. The number of nitrogens with one attached hydrogen (secondary N) is 1. The van der Waals surface area contributed by atoms with E-state index in [0.29, 0.717) is 17.1 Å². The lowest BCUT2D eigenvalue weighted by Gasteiger charge is -2.30. The number of hydrogen-bond donors (Lipinski definition) is 2. The van der Waals surface area contributed by atoms with Crippen LogP contribution in [0.3, 0.4) is 0 Å². The van der Waals surface area contributed by atoms with Crippen LogP contribution in [-0.4, -0.2) is 30.7 Å². The standard InChI is InChI=1S/C18H13NO5/c1-22-18-17(21)24-15-12(23-18)7-10-13-11(19-16(10)20)6-8-4-2-3-5-9(8)14(13)15/h2-7,17-18,21H,1H3,(H,19,20). The van der Waals surface area contributed by atoms with Gasteiger partial charge in [0.25, 0.3) is 18.5 Å². The summed E-state index contributed by atoms with van der Waals surface area (Å²) >= 11 is 0. The van der Waals surface area contributed by atoms with E-state index in [1.165, 1.54) is 7.11 Å². The summed E-state index contributed by atoms with van der Waals surface area (Å²) in [5.74, 6) is 0.620. The van der Waals surface area contributed by atoms with Crippen LogP contribution in [0.2, 0.25) is 0 Å². The highest BCUT2D eigenvalue weighted by Crippen LogP contribution is 2.49. The quantitative estimate of drug-likeness (QED) is 0.673. The Morgan fingerprint density at radius 3 is 2.83 bits per heavy atom. The molecule has 3 aromatic carbocycles. The first-order chi connectivity index (χ1) is 11.7. The molecule has 0 aliphatic carbocycles. The monoisotopic (exact) mass is 323 g/mol. The number of hydrogen-bond acceptors (Lipinski definition) is 5. The zero-order valence-corrected chi connectivity index (χ0v) is 12.7. The second-order valence-corrected chi connectivity index (χ2v) is 5.83. The van der Waals surface area contributed by atoms with Gasteiger partial charge in [0.1, 0.15) is 0 Å². The summed E-state index contributed by atoms with van der Waals surface area (Å²) in [6.07, 6.45) is -2.19. The first-order valence-electron chi connectivity index (χ1n) is 7.55. The van der Waals surface area contributed by atoms with Gasteiger partial charge in [-0.25, -0.2) is 0 Å². The molecule has 1 amide bonds. The molecule has 120 valence electrons. The maximum Gasteiger partial charge on any atom is 0.262 e. The normalized spacial score (nSPS) is 21.3. The van der Waals surface area contributed by atoms with Crippen molar-refractivity contribution in [1.82, 2.24) is 0 Å². The number of aliphatic hydroxyl groups is 1. The average molecular weight is 323 g/mol. The van der Waals surface area contributed by atoms with Gasteiger partial charge in [0, 0.05) is 17.9 Å². The molecule has 5 rings (SSSR count). The molecule has 0 aromatic heterocycles. The molecule has 2 aliphatic rings. The summed E-state index contributed by atoms with van der Waals surface area (Å²) in [6, 6.07) is 11.4. The third-order valence-electron chi connectivity index (χ3n) is 4.48. The highest BCUT2D eigenvalue weighted by molar-refractivity contribution is 6.30. The van der Waals surface area contributed by atoms with E-state index in [0.717, 1.165) is 27.2 Å². The lowest BCUT2D eigenvalue weighted by molar-refractivity contribution is -0.210. The molecule has 0 radical (unpaired) electrons. The molecular weight excluding hydrogens is 310 g/mol. The number of fused-ring (bicyclic) bond motifs is 4. The first-order valence-corrected chi connectivity index (χ1v) is 7.55. The molecule has 2 heterocycles. The van der Waals surface area contributed by atoms with E-state index in [4.69, 9.17) is 14.2 Å². The van der Waals surface area contributed by atoms with Gasteiger partial charge in [0.15, 0.2) is 11.5 Å². The fraction of sp³-hybridized carbons (Fsp3) is 0.167. The van der Waals surface area contributed by atoms with Gasteiger partial charge < -0.3 is 24.6 Å². The van der Waals surface area contributed by atoms with E-state index in [2.05, 4.69) is 5.32 Å². The van der Waals surface area contributed by atoms with Gasteiger partial charge >= 0.3 is 0 Å². The van der Waals surface area contributed by atoms with E-state index in [9.17, 15) is 9.90 Å². The molecule has 24 heavy (non-hydrogen) atoms. The van der Waals surface area contributed by atoms with Crippen LogP contribution >= 0.6 is 0 Å². The zero-order chi connectivity index (χ0) is 16.4. The van der Waals surface area contributed by atoms with Crippen molar-refractivity contribution in [2.75, 3.05) is 12.4 Å². The van der Waals surface area contributed by atoms with Gasteiger partial charge in [-0.15, -0.1) is 0 Å². The summed E-state index contributed by atoms with van der Waals surface area (Å²) in [5.41, 5.74) is 1.26. The average Bonchev–Trinajstić information content (AvgIpc) is 2.90. The molecule has 0 saturated heterocycles. The van der Waals surface area contributed by atoms with Gasteiger partial charge in [0.05, 0.1) is 11.3 Å². The Morgan fingerprint density at radius 2 is 2.00 bits per heavy atom. The van der Waals surface area contributed by atoms with Crippen molar-refractivity contribution in [2.24, 2.45) is 0 Å². The van der Waals surface area contributed by atoms with Crippen LogP contribution in [0.5, 0.6) is 11.5 Å². The smallest absolute Gasteiger partial charge is 0.262 e. The predicted molar refractivity (Wildman–Crippen MR) is 87.5 cm³/mol.